The number of likely N-dealkylation sites (N-methyl/N-ethyl adjacent to an activating group) is 1. The number of aromatic nitrogens is 2. The summed E-state index contributed by atoms with van der Waals surface area (Å²) in [4.78, 5) is 18.5. The molecule has 7 heteroatoms. The van der Waals surface area contributed by atoms with Crippen LogP contribution in [0.2, 0.25) is 0 Å². The summed E-state index contributed by atoms with van der Waals surface area (Å²) in [6, 6.07) is 15.3. The molecule has 0 saturated carbocycles. The fourth-order valence-electron chi connectivity index (χ4n) is 3.32. The van der Waals surface area contributed by atoms with Crippen LogP contribution in [-0.2, 0) is 11.8 Å². The third kappa shape index (κ3) is 4.34. The molecule has 0 radical (unpaired) electrons. The van der Waals surface area contributed by atoms with E-state index in [9.17, 15) is 15.2 Å². The third-order valence-electron chi connectivity index (χ3n) is 5.12. The van der Waals surface area contributed by atoms with Gasteiger partial charge < -0.3 is 15.0 Å². The van der Waals surface area contributed by atoms with Crippen molar-refractivity contribution in [2.45, 2.75) is 13.8 Å². The lowest BCUT2D eigenvalue weighted by Gasteiger charge is -2.17. The molecule has 2 N–H and O–H groups in total. The smallest absolute Gasteiger partial charge is 0.238 e. The number of imidazole rings is 1. The highest BCUT2D eigenvalue weighted by atomic mass is 16.3. The van der Waals surface area contributed by atoms with Crippen LogP contribution in [0, 0.1) is 25.2 Å². The molecular weight excluding hydrogens is 378 g/mol. The van der Waals surface area contributed by atoms with Crippen molar-refractivity contribution in [1.82, 2.24) is 14.5 Å². The zero-order chi connectivity index (χ0) is 21.8. The number of nitrogens with one attached hydrogen (secondary N) is 1. The molecular formula is C23H25N5O2. The molecule has 30 heavy (non-hydrogen) atoms. The van der Waals surface area contributed by atoms with Gasteiger partial charge in [-0.3, -0.25) is 9.69 Å². The van der Waals surface area contributed by atoms with Crippen LogP contribution in [0.5, 0.6) is 0 Å². The number of carbonyl (C=O) groups is 1. The predicted molar refractivity (Wildman–Crippen MR) is 118 cm³/mol. The SMILES string of the molecule is Cc1cccc(NC(=O)CN(C)C/C(O)=C(\C#N)c2nc3ccccc3n2C)c1C. The van der Waals surface area contributed by atoms with E-state index >= 15 is 0 Å². The first-order valence-corrected chi connectivity index (χ1v) is 9.60. The number of fused-ring (bicyclic) bond motifs is 1. The summed E-state index contributed by atoms with van der Waals surface area (Å²) in [5, 5.41) is 23.1. The number of para-hydroxylation sites is 2. The van der Waals surface area contributed by atoms with Crippen LogP contribution in [0.4, 0.5) is 5.69 Å². The minimum Gasteiger partial charge on any atom is -0.509 e. The summed E-state index contributed by atoms with van der Waals surface area (Å²) in [7, 11) is 3.51. The summed E-state index contributed by atoms with van der Waals surface area (Å²) in [6.45, 7) is 4.06. The average Bonchev–Trinajstić information content (AvgIpc) is 3.02. The molecule has 0 atom stereocenters. The molecule has 0 aliphatic carbocycles. The molecule has 154 valence electrons. The van der Waals surface area contributed by atoms with Crippen molar-refractivity contribution in [3.8, 4) is 6.07 Å². The molecule has 2 aromatic carbocycles. The first-order valence-electron chi connectivity index (χ1n) is 9.60. The van der Waals surface area contributed by atoms with Crippen LogP contribution in [0.1, 0.15) is 17.0 Å². The molecule has 0 aliphatic rings. The lowest BCUT2D eigenvalue weighted by molar-refractivity contribution is -0.117. The predicted octanol–water partition coefficient (Wildman–Crippen LogP) is 3.55. The Morgan fingerprint density at radius 3 is 2.63 bits per heavy atom. The first kappa shape index (κ1) is 21.1. The monoisotopic (exact) mass is 403 g/mol. The summed E-state index contributed by atoms with van der Waals surface area (Å²) in [5.41, 5.74) is 4.60. The number of aryl methyl sites for hydroxylation is 2. The zero-order valence-electron chi connectivity index (χ0n) is 17.6. The Morgan fingerprint density at radius 1 is 1.20 bits per heavy atom. The second-order valence-electron chi connectivity index (χ2n) is 7.38. The van der Waals surface area contributed by atoms with E-state index in [1.165, 1.54) is 0 Å². The quantitative estimate of drug-likeness (QED) is 0.485. The number of rotatable bonds is 6. The Balaban J connectivity index is 1.74. The number of hydrogen-bond donors (Lipinski definition) is 2. The van der Waals surface area contributed by atoms with Gasteiger partial charge in [-0.25, -0.2) is 4.98 Å². The van der Waals surface area contributed by atoms with Crippen molar-refractivity contribution in [2.75, 3.05) is 25.5 Å². The highest BCUT2D eigenvalue weighted by molar-refractivity contribution is 5.93. The number of benzene rings is 2. The van der Waals surface area contributed by atoms with E-state index in [-0.39, 0.29) is 30.3 Å². The highest BCUT2D eigenvalue weighted by Gasteiger charge is 2.18. The van der Waals surface area contributed by atoms with Crippen molar-refractivity contribution in [3.05, 3.63) is 65.2 Å². The molecule has 0 fully saturated rings. The molecule has 0 bridgehead atoms. The van der Waals surface area contributed by atoms with Gasteiger partial charge in [0.05, 0.1) is 24.1 Å². The van der Waals surface area contributed by atoms with Crippen molar-refractivity contribution in [2.24, 2.45) is 7.05 Å². The second kappa shape index (κ2) is 8.80. The molecule has 0 aliphatic heterocycles. The van der Waals surface area contributed by atoms with Gasteiger partial charge in [-0.05, 0) is 50.2 Å². The average molecular weight is 403 g/mol. The Bertz CT molecular complexity index is 1170. The summed E-state index contributed by atoms with van der Waals surface area (Å²) in [5.74, 6) is 0.0719. The fraction of sp³-hybridized carbons (Fsp3) is 0.261. The molecule has 3 aromatic rings. The van der Waals surface area contributed by atoms with E-state index in [4.69, 9.17) is 0 Å². The van der Waals surface area contributed by atoms with Crippen LogP contribution in [0.25, 0.3) is 16.6 Å². The number of allylic oxidation sites excluding steroid dienone is 1. The molecule has 0 saturated heterocycles. The second-order valence-corrected chi connectivity index (χ2v) is 7.38. The van der Waals surface area contributed by atoms with Gasteiger partial charge in [0.2, 0.25) is 5.91 Å². The molecule has 7 nitrogen and oxygen atoms in total. The lowest BCUT2D eigenvalue weighted by atomic mass is 10.1. The Hall–Kier alpha value is -3.63. The van der Waals surface area contributed by atoms with Crippen molar-refractivity contribution in [1.29, 1.82) is 5.26 Å². The molecule has 0 unspecified atom stereocenters. The van der Waals surface area contributed by atoms with E-state index in [1.54, 1.807) is 23.6 Å². The topological polar surface area (TPSA) is 94.2 Å². The van der Waals surface area contributed by atoms with Gasteiger partial charge in [-0.2, -0.15) is 5.26 Å². The number of aliphatic hydroxyl groups excluding tert-OH is 1. The van der Waals surface area contributed by atoms with Gasteiger partial charge in [-0.15, -0.1) is 0 Å². The van der Waals surface area contributed by atoms with E-state index in [0.717, 1.165) is 27.8 Å². The van der Waals surface area contributed by atoms with E-state index in [1.807, 2.05) is 56.3 Å². The molecule has 1 heterocycles. The third-order valence-corrected chi connectivity index (χ3v) is 5.12. The van der Waals surface area contributed by atoms with Crippen LogP contribution in [-0.4, -0.2) is 45.6 Å². The minimum absolute atomic E-state index is 0.0479. The summed E-state index contributed by atoms with van der Waals surface area (Å²) in [6.07, 6.45) is 0. The maximum Gasteiger partial charge on any atom is 0.238 e. The van der Waals surface area contributed by atoms with Crippen LogP contribution in [0.3, 0.4) is 0 Å². The normalized spacial score (nSPS) is 12.0. The van der Waals surface area contributed by atoms with Crippen molar-refractivity contribution < 1.29 is 9.90 Å². The highest BCUT2D eigenvalue weighted by Crippen LogP contribution is 2.22. The number of amides is 1. The minimum atomic E-state index is -0.194. The van der Waals surface area contributed by atoms with Gasteiger partial charge in [0, 0.05) is 12.7 Å². The number of nitriles is 1. The number of anilines is 1. The molecule has 1 aromatic heterocycles. The van der Waals surface area contributed by atoms with Crippen LogP contribution in [0.15, 0.2) is 48.2 Å². The van der Waals surface area contributed by atoms with Gasteiger partial charge in [0.25, 0.3) is 0 Å². The van der Waals surface area contributed by atoms with Gasteiger partial charge >= 0.3 is 0 Å². The first-order chi connectivity index (χ1) is 14.3. The Morgan fingerprint density at radius 2 is 1.93 bits per heavy atom. The molecule has 1 amide bonds. The van der Waals surface area contributed by atoms with E-state index in [2.05, 4.69) is 16.4 Å². The number of carbonyl (C=O) groups excluding carboxylic acids is 1. The standard InChI is InChI=1S/C23H25N5O2/c1-15-8-7-10-18(16(15)2)25-22(30)14-27(3)13-21(29)17(12-24)23-26-19-9-5-6-11-20(19)28(23)4/h5-11,29H,13-14H2,1-4H3,(H,25,30)/b21-17-. The largest absolute Gasteiger partial charge is 0.509 e. The molecule has 3 rings (SSSR count). The molecule has 0 spiro atoms. The fourth-order valence-corrected chi connectivity index (χ4v) is 3.32. The van der Waals surface area contributed by atoms with Crippen molar-refractivity contribution >= 4 is 28.2 Å². The summed E-state index contributed by atoms with van der Waals surface area (Å²) < 4.78 is 1.78. The number of aliphatic hydroxyl groups is 1. The van der Waals surface area contributed by atoms with Gasteiger partial charge in [0.15, 0.2) is 5.82 Å². The number of hydrogen-bond acceptors (Lipinski definition) is 5. The van der Waals surface area contributed by atoms with Crippen LogP contribution >= 0.6 is 0 Å². The zero-order valence-corrected chi connectivity index (χ0v) is 17.6. The maximum absolute atomic E-state index is 12.4. The van der Waals surface area contributed by atoms with E-state index in [0.29, 0.717) is 5.82 Å². The Labute approximate surface area is 175 Å². The maximum atomic E-state index is 12.4. The Kier molecular flexibility index (Phi) is 6.19. The van der Waals surface area contributed by atoms with E-state index < -0.39 is 0 Å². The van der Waals surface area contributed by atoms with Crippen LogP contribution < -0.4 is 5.32 Å². The van der Waals surface area contributed by atoms with Crippen molar-refractivity contribution in [3.63, 3.8) is 0 Å². The lowest BCUT2D eigenvalue weighted by Crippen LogP contribution is -2.32. The van der Waals surface area contributed by atoms with Gasteiger partial charge in [-0.1, -0.05) is 24.3 Å². The van der Waals surface area contributed by atoms with Gasteiger partial charge in [0.1, 0.15) is 17.4 Å². The summed E-state index contributed by atoms with van der Waals surface area (Å²) >= 11 is 0. The number of nitrogens with zero attached hydrogens (tertiary/aromatic N) is 4.